The fraction of sp³-hybridized carbons (Fsp3) is 0.263. The third-order valence-corrected chi connectivity index (χ3v) is 5.34. The summed E-state index contributed by atoms with van der Waals surface area (Å²) in [6.45, 7) is 4.64. The second kappa shape index (κ2) is 7.23. The van der Waals surface area contributed by atoms with E-state index in [1.807, 2.05) is 31.2 Å². The van der Waals surface area contributed by atoms with Crippen molar-refractivity contribution in [2.45, 2.75) is 20.0 Å². The van der Waals surface area contributed by atoms with E-state index in [1.54, 1.807) is 17.4 Å². The summed E-state index contributed by atoms with van der Waals surface area (Å²) in [4.78, 5) is 2.26. The Labute approximate surface area is 160 Å². The predicted octanol–water partition coefficient (Wildman–Crippen LogP) is 4.27. The molecule has 0 aliphatic carbocycles. The van der Waals surface area contributed by atoms with Gasteiger partial charge in [0.15, 0.2) is 11.5 Å². The number of halogens is 1. The number of fused-ring (bicyclic) bond motifs is 1. The minimum Gasteiger partial charge on any atom is -0.504 e. The van der Waals surface area contributed by atoms with Crippen molar-refractivity contribution in [2.75, 3.05) is 13.2 Å². The van der Waals surface area contributed by atoms with Crippen LogP contribution in [0.1, 0.15) is 15.6 Å². The van der Waals surface area contributed by atoms with E-state index in [2.05, 4.69) is 21.2 Å². The summed E-state index contributed by atoms with van der Waals surface area (Å²) < 4.78 is 5.82. The topological polar surface area (TPSA) is 58.5 Å². The Hall–Kier alpha value is -2.15. The lowest BCUT2D eigenvalue weighted by atomic mass is 10.0. The monoisotopic (exact) mass is 387 g/mol. The number of aromatic nitrogens is 2. The molecule has 0 fully saturated rings. The Kier molecular flexibility index (Phi) is 4.80. The molecule has 0 saturated heterocycles. The molecule has 0 atom stereocenters. The molecule has 0 amide bonds. The van der Waals surface area contributed by atoms with E-state index in [9.17, 15) is 5.11 Å². The average molecular weight is 388 g/mol. The van der Waals surface area contributed by atoms with E-state index < -0.39 is 0 Å². The SMILES string of the molecule is Cc1nnc(CN2CCOc3c(O)cc(-c4cccc(Cl)c4)cc3C2)s1. The first kappa shape index (κ1) is 17.3. The molecule has 5 nitrogen and oxygen atoms in total. The number of hydrogen-bond acceptors (Lipinski definition) is 6. The van der Waals surface area contributed by atoms with Crippen molar-refractivity contribution < 1.29 is 9.84 Å². The fourth-order valence-corrected chi connectivity index (χ4v) is 4.06. The molecule has 7 heteroatoms. The molecule has 0 spiro atoms. The van der Waals surface area contributed by atoms with Gasteiger partial charge in [-0.1, -0.05) is 23.7 Å². The van der Waals surface area contributed by atoms with Gasteiger partial charge in [-0.05, 0) is 42.3 Å². The maximum absolute atomic E-state index is 10.5. The maximum atomic E-state index is 10.5. The minimum absolute atomic E-state index is 0.158. The summed E-state index contributed by atoms with van der Waals surface area (Å²) in [5, 5.41) is 21.4. The third-order valence-electron chi connectivity index (χ3n) is 4.28. The van der Waals surface area contributed by atoms with Crippen LogP contribution >= 0.6 is 22.9 Å². The molecule has 1 N–H and O–H groups in total. The lowest BCUT2D eigenvalue weighted by Crippen LogP contribution is -2.25. The second-order valence-corrected chi connectivity index (χ2v) is 7.97. The highest BCUT2D eigenvalue weighted by molar-refractivity contribution is 7.11. The summed E-state index contributed by atoms with van der Waals surface area (Å²) in [7, 11) is 0. The van der Waals surface area contributed by atoms with Crippen LogP contribution in [0.5, 0.6) is 11.5 Å². The molecule has 2 aromatic carbocycles. The van der Waals surface area contributed by atoms with Gasteiger partial charge in [0.1, 0.15) is 16.6 Å². The van der Waals surface area contributed by atoms with Gasteiger partial charge in [0, 0.05) is 23.7 Å². The number of benzene rings is 2. The molecular weight excluding hydrogens is 370 g/mol. The number of phenols is 1. The quantitative estimate of drug-likeness (QED) is 0.727. The van der Waals surface area contributed by atoms with Gasteiger partial charge in [-0.15, -0.1) is 21.5 Å². The zero-order valence-corrected chi connectivity index (χ0v) is 15.8. The van der Waals surface area contributed by atoms with E-state index in [1.165, 1.54) is 0 Å². The number of aryl methyl sites for hydroxylation is 1. The molecule has 26 heavy (non-hydrogen) atoms. The van der Waals surface area contributed by atoms with Crippen molar-refractivity contribution >= 4 is 22.9 Å². The Balaban J connectivity index is 1.65. The number of aromatic hydroxyl groups is 1. The van der Waals surface area contributed by atoms with Crippen LogP contribution in [0.4, 0.5) is 0 Å². The van der Waals surface area contributed by atoms with Crippen molar-refractivity contribution in [1.29, 1.82) is 0 Å². The van der Waals surface area contributed by atoms with Crippen molar-refractivity contribution in [1.82, 2.24) is 15.1 Å². The highest BCUT2D eigenvalue weighted by atomic mass is 35.5. The van der Waals surface area contributed by atoms with Crippen LogP contribution in [0, 0.1) is 6.92 Å². The van der Waals surface area contributed by atoms with Crippen molar-refractivity contribution in [3.8, 4) is 22.6 Å². The van der Waals surface area contributed by atoms with Crippen molar-refractivity contribution in [3.05, 3.63) is 57.0 Å². The lowest BCUT2D eigenvalue weighted by molar-refractivity contribution is 0.216. The second-order valence-electron chi connectivity index (χ2n) is 6.27. The van der Waals surface area contributed by atoms with Crippen molar-refractivity contribution in [2.24, 2.45) is 0 Å². The molecular formula is C19H18ClN3O2S. The van der Waals surface area contributed by atoms with Gasteiger partial charge >= 0.3 is 0 Å². The van der Waals surface area contributed by atoms with Crippen LogP contribution in [0.15, 0.2) is 36.4 Å². The number of ether oxygens (including phenoxy) is 1. The molecule has 134 valence electrons. The van der Waals surface area contributed by atoms with Gasteiger partial charge in [0.05, 0.1) is 6.54 Å². The molecule has 3 aromatic rings. The molecule has 0 saturated carbocycles. The predicted molar refractivity (Wildman–Crippen MR) is 103 cm³/mol. The molecule has 1 aromatic heterocycles. The largest absolute Gasteiger partial charge is 0.504 e. The Bertz CT molecular complexity index is 944. The smallest absolute Gasteiger partial charge is 0.165 e. The van der Waals surface area contributed by atoms with E-state index in [-0.39, 0.29) is 5.75 Å². The number of rotatable bonds is 3. The molecule has 2 heterocycles. The molecule has 1 aliphatic rings. The maximum Gasteiger partial charge on any atom is 0.165 e. The molecule has 1 aliphatic heterocycles. The first-order valence-electron chi connectivity index (χ1n) is 8.34. The minimum atomic E-state index is 0.158. The lowest BCUT2D eigenvalue weighted by Gasteiger charge is -2.18. The summed E-state index contributed by atoms with van der Waals surface area (Å²) in [6.07, 6.45) is 0. The highest BCUT2D eigenvalue weighted by Crippen LogP contribution is 2.38. The average Bonchev–Trinajstić information content (AvgIpc) is 2.89. The van der Waals surface area contributed by atoms with Crippen LogP contribution in [0.2, 0.25) is 5.02 Å². The Morgan fingerprint density at radius 3 is 2.88 bits per heavy atom. The van der Waals surface area contributed by atoms with Crippen LogP contribution in [0.25, 0.3) is 11.1 Å². The van der Waals surface area contributed by atoms with Crippen LogP contribution < -0.4 is 4.74 Å². The number of nitrogens with zero attached hydrogens (tertiary/aromatic N) is 3. The Morgan fingerprint density at radius 1 is 1.23 bits per heavy atom. The summed E-state index contributed by atoms with van der Waals surface area (Å²) in [6, 6.07) is 11.4. The zero-order chi connectivity index (χ0) is 18.1. The molecule has 0 unspecified atom stereocenters. The zero-order valence-electron chi connectivity index (χ0n) is 14.3. The fourth-order valence-electron chi connectivity index (χ4n) is 3.12. The molecule has 4 rings (SSSR count). The van der Waals surface area contributed by atoms with E-state index >= 15 is 0 Å². The van der Waals surface area contributed by atoms with Crippen LogP contribution in [0.3, 0.4) is 0 Å². The molecule has 0 bridgehead atoms. The van der Waals surface area contributed by atoms with Gasteiger partial charge in [0.2, 0.25) is 0 Å². The Morgan fingerprint density at radius 2 is 2.12 bits per heavy atom. The normalized spacial score (nSPS) is 14.5. The van der Waals surface area contributed by atoms with E-state index in [0.717, 1.165) is 39.8 Å². The summed E-state index contributed by atoms with van der Waals surface area (Å²) >= 11 is 7.72. The number of phenolic OH excluding ortho intramolecular Hbond substituents is 1. The van der Waals surface area contributed by atoms with Crippen LogP contribution in [-0.2, 0) is 13.1 Å². The molecule has 0 radical (unpaired) electrons. The standard InChI is InChI=1S/C19H18ClN3O2S/c1-12-21-22-18(26-12)11-23-5-6-25-19-15(10-23)7-14(9-17(19)24)13-3-2-4-16(20)8-13/h2-4,7-9,24H,5-6,10-11H2,1H3. The van der Waals surface area contributed by atoms with E-state index in [0.29, 0.717) is 23.9 Å². The number of hydrogen-bond donors (Lipinski definition) is 1. The first-order valence-corrected chi connectivity index (χ1v) is 9.54. The van der Waals surface area contributed by atoms with Crippen molar-refractivity contribution in [3.63, 3.8) is 0 Å². The van der Waals surface area contributed by atoms with Gasteiger partial charge in [0.25, 0.3) is 0 Å². The van der Waals surface area contributed by atoms with E-state index in [4.69, 9.17) is 16.3 Å². The summed E-state index contributed by atoms with van der Waals surface area (Å²) in [5.41, 5.74) is 2.84. The highest BCUT2D eigenvalue weighted by Gasteiger charge is 2.21. The van der Waals surface area contributed by atoms with Gasteiger partial charge < -0.3 is 9.84 Å². The van der Waals surface area contributed by atoms with Gasteiger partial charge in [-0.3, -0.25) is 4.90 Å². The van der Waals surface area contributed by atoms with Gasteiger partial charge in [-0.25, -0.2) is 0 Å². The van der Waals surface area contributed by atoms with Gasteiger partial charge in [-0.2, -0.15) is 0 Å². The summed E-state index contributed by atoms with van der Waals surface area (Å²) in [5.74, 6) is 0.720. The van der Waals surface area contributed by atoms with Crippen LogP contribution in [-0.4, -0.2) is 33.4 Å². The third kappa shape index (κ3) is 3.67. The first-order chi connectivity index (χ1) is 12.6.